The van der Waals surface area contributed by atoms with Crippen molar-refractivity contribution in [2.24, 2.45) is 11.7 Å². The average Bonchev–Trinajstić information content (AvgIpc) is 2.68. The fourth-order valence-electron chi connectivity index (χ4n) is 2.72. The van der Waals surface area contributed by atoms with Gasteiger partial charge in [-0.3, -0.25) is 4.90 Å². The summed E-state index contributed by atoms with van der Waals surface area (Å²) in [6, 6.07) is 4.99. The molecule has 0 radical (unpaired) electrons. The van der Waals surface area contributed by atoms with Crippen LogP contribution in [-0.4, -0.2) is 44.8 Å². The summed E-state index contributed by atoms with van der Waals surface area (Å²) in [5, 5.41) is 9.87. The van der Waals surface area contributed by atoms with Crippen molar-refractivity contribution >= 4 is 9.84 Å². The zero-order valence-electron chi connectivity index (χ0n) is 11.2. The topological polar surface area (TPSA) is 83.6 Å². The minimum Gasteiger partial charge on any atom is -0.507 e. The Bertz CT molecular complexity index is 571. The number of phenolic OH excluding ortho intramolecular Hbond substituents is 1. The molecule has 19 heavy (non-hydrogen) atoms. The molecule has 0 aromatic heterocycles. The molecule has 2 rings (SSSR count). The molecule has 106 valence electrons. The lowest BCUT2D eigenvalue weighted by molar-refractivity contribution is 0.312. The number of hydrogen-bond donors (Lipinski definition) is 2. The van der Waals surface area contributed by atoms with E-state index < -0.39 is 9.84 Å². The zero-order valence-corrected chi connectivity index (χ0v) is 12.0. The molecule has 3 N–H and O–H groups in total. The Morgan fingerprint density at radius 1 is 1.47 bits per heavy atom. The quantitative estimate of drug-likeness (QED) is 0.855. The van der Waals surface area contributed by atoms with Crippen molar-refractivity contribution in [2.75, 3.05) is 26.4 Å². The fraction of sp³-hybridized carbons (Fsp3) is 0.538. The second kappa shape index (κ2) is 5.11. The normalized spacial score (nSPS) is 24.8. The molecule has 0 bridgehead atoms. The van der Waals surface area contributed by atoms with Gasteiger partial charge in [-0.25, -0.2) is 8.42 Å². The summed E-state index contributed by atoms with van der Waals surface area (Å²) in [4.78, 5) is 2.17. The van der Waals surface area contributed by atoms with E-state index in [-0.39, 0.29) is 16.7 Å². The van der Waals surface area contributed by atoms with Crippen LogP contribution < -0.4 is 5.73 Å². The van der Waals surface area contributed by atoms with E-state index in [1.54, 1.807) is 12.1 Å². The third-order valence-electron chi connectivity index (χ3n) is 3.74. The van der Waals surface area contributed by atoms with E-state index in [1.165, 1.54) is 6.07 Å². The molecule has 5 nitrogen and oxygen atoms in total. The van der Waals surface area contributed by atoms with Crippen molar-refractivity contribution in [3.8, 4) is 5.75 Å². The van der Waals surface area contributed by atoms with Gasteiger partial charge in [-0.1, -0.05) is 6.07 Å². The van der Waals surface area contributed by atoms with Crippen molar-refractivity contribution < 1.29 is 13.5 Å². The maximum atomic E-state index is 11.5. The number of hydrogen-bond acceptors (Lipinski definition) is 5. The largest absolute Gasteiger partial charge is 0.507 e. The highest BCUT2D eigenvalue weighted by atomic mass is 32.2. The minimum atomic E-state index is -3.39. The van der Waals surface area contributed by atoms with Crippen molar-refractivity contribution in [3.63, 3.8) is 0 Å². The number of nitrogens with two attached hydrogens (primary N) is 1. The SMILES string of the molecule is CN1CC(CN)CC1c1ccc(S(C)(=O)=O)c(O)c1. The predicted molar refractivity (Wildman–Crippen MR) is 73.7 cm³/mol. The monoisotopic (exact) mass is 284 g/mol. The molecular formula is C13H20N2O3S. The van der Waals surface area contributed by atoms with Gasteiger partial charge in [0.15, 0.2) is 9.84 Å². The number of phenols is 1. The maximum absolute atomic E-state index is 11.5. The van der Waals surface area contributed by atoms with Gasteiger partial charge < -0.3 is 10.8 Å². The molecule has 1 fully saturated rings. The van der Waals surface area contributed by atoms with E-state index in [2.05, 4.69) is 4.90 Å². The average molecular weight is 284 g/mol. The first-order valence-corrected chi connectivity index (χ1v) is 8.15. The van der Waals surface area contributed by atoms with Crippen LogP contribution >= 0.6 is 0 Å². The Morgan fingerprint density at radius 3 is 2.63 bits per heavy atom. The van der Waals surface area contributed by atoms with Crippen LogP contribution in [0.1, 0.15) is 18.0 Å². The molecule has 0 spiro atoms. The molecule has 6 heteroatoms. The van der Waals surface area contributed by atoms with Crippen LogP contribution in [0.2, 0.25) is 0 Å². The Balaban J connectivity index is 2.31. The number of nitrogens with zero attached hydrogens (tertiary/aromatic N) is 1. The highest BCUT2D eigenvalue weighted by molar-refractivity contribution is 7.90. The Morgan fingerprint density at radius 2 is 2.16 bits per heavy atom. The van der Waals surface area contributed by atoms with Crippen LogP contribution in [-0.2, 0) is 9.84 Å². The smallest absolute Gasteiger partial charge is 0.179 e. The molecule has 1 aliphatic heterocycles. The van der Waals surface area contributed by atoms with Crippen LogP contribution in [0.25, 0.3) is 0 Å². The van der Waals surface area contributed by atoms with E-state index >= 15 is 0 Å². The lowest BCUT2D eigenvalue weighted by Crippen LogP contribution is -2.20. The number of aromatic hydroxyl groups is 1. The maximum Gasteiger partial charge on any atom is 0.179 e. The summed E-state index contributed by atoms with van der Waals surface area (Å²) in [7, 11) is -1.37. The first kappa shape index (κ1) is 14.3. The molecule has 1 heterocycles. The number of likely N-dealkylation sites (tertiary alicyclic amines) is 1. The first-order valence-electron chi connectivity index (χ1n) is 6.26. The molecule has 0 saturated carbocycles. The highest BCUT2D eigenvalue weighted by Crippen LogP contribution is 2.36. The molecule has 1 aromatic carbocycles. The van der Waals surface area contributed by atoms with Gasteiger partial charge in [-0.15, -0.1) is 0 Å². The summed E-state index contributed by atoms with van der Waals surface area (Å²) in [6.07, 6.45) is 2.03. The summed E-state index contributed by atoms with van der Waals surface area (Å²) in [5.74, 6) is 0.274. The predicted octanol–water partition coefficient (Wildman–Crippen LogP) is 0.747. The lowest BCUT2D eigenvalue weighted by Gasteiger charge is -2.20. The third kappa shape index (κ3) is 2.91. The van der Waals surface area contributed by atoms with Crippen LogP contribution in [0.3, 0.4) is 0 Å². The Kier molecular flexibility index (Phi) is 3.85. The fourth-order valence-corrected chi connectivity index (χ4v) is 3.48. The van der Waals surface area contributed by atoms with Crippen molar-refractivity contribution in [1.29, 1.82) is 0 Å². The van der Waals surface area contributed by atoms with Gasteiger partial charge in [-0.05, 0) is 43.6 Å². The molecular weight excluding hydrogens is 264 g/mol. The van der Waals surface area contributed by atoms with Gasteiger partial charge in [0.1, 0.15) is 10.6 Å². The summed E-state index contributed by atoms with van der Waals surface area (Å²) < 4.78 is 22.9. The van der Waals surface area contributed by atoms with Crippen LogP contribution in [0, 0.1) is 5.92 Å². The van der Waals surface area contributed by atoms with Crippen LogP contribution in [0.15, 0.2) is 23.1 Å². The summed E-state index contributed by atoms with van der Waals surface area (Å²) in [5.41, 5.74) is 6.63. The number of rotatable bonds is 3. The Labute approximate surface area is 113 Å². The second-order valence-corrected chi connectivity index (χ2v) is 7.28. The summed E-state index contributed by atoms with van der Waals surface area (Å²) in [6.45, 7) is 1.57. The third-order valence-corrected chi connectivity index (χ3v) is 4.88. The van der Waals surface area contributed by atoms with Gasteiger partial charge in [0, 0.05) is 18.8 Å². The van der Waals surface area contributed by atoms with E-state index in [9.17, 15) is 13.5 Å². The van der Waals surface area contributed by atoms with Crippen molar-refractivity contribution in [3.05, 3.63) is 23.8 Å². The molecule has 2 unspecified atom stereocenters. The van der Waals surface area contributed by atoms with Crippen molar-refractivity contribution in [1.82, 2.24) is 4.90 Å². The van der Waals surface area contributed by atoms with Gasteiger partial charge in [-0.2, -0.15) is 0 Å². The van der Waals surface area contributed by atoms with Gasteiger partial charge in [0.2, 0.25) is 0 Å². The number of sulfone groups is 1. The standard InChI is InChI=1S/C13H20N2O3S/c1-15-8-9(7-14)5-11(15)10-3-4-13(12(16)6-10)19(2,17)18/h3-4,6,9,11,16H,5,7-8,14H2,1-2H3. The minimum absolute atomic E-state index is 0.0210. The lowest BCUT2D eigenvalue weighted by atomic mass is 10.00. The first-order chi connectivity index (χ1) is 8.82. The number of benzene rings is 1. The Hall–Kier alpha value is -1.11. The molecule has 0 amide bonds. The second-order valence-electron chi connectivity index (χ2n) is 5.29. The molecule has 0 aliphatic carbocycles. The van der Waals surface area contributed by atoms with Crippen LogP contribution in [0.5, 0.6) is 5.75 Å². The van der Waals surface area contributed by atoms with Gasteiger partial charge in [0.25, 0.3) is 0 Å². The van der Waals surface area contributed by atoms with Gasteiger partial charge >= 0.3 is 0 Å². The molecule has 1 saturated heterocycles. The van der Waals surface area contributed by atoms with E-state index in [0.29, 0.717) is 12.5 Å². The highest BCUT2D eigenvalue weighted by Gasteiger charge is 2.30. The molecule has 1 aliphatic rings. The van der Waals surface area contributed by atoms with E-state index in [1.807, 2.05) is 7.05 Å². The van der Waals surface area contributed by atoms with Crippen LogP contribution in [0.4, 0.5) is 0 Å². The van der Waals surface area contributed by atoms with Crippen molar-refractivity contribution in [2.45, 2.75) is 17.4 Å². The summed E-state index contributed by atoms with van der Waals surface area (Å²) >= 11 is 0. The van der Waals surface area contributed by atoms with Gasteiger partial charge in [0.05, 0.1) is 0 Å². The van der Waals surface area contributed by atoms with E-state index in [0.717, 1.165) is 24.8 Å². The molecule has 1 aromatic rings. The zero-order chi connectivity index (χ0) is 14.2. The van der Waals surface area contributed by atoms with E-state index in [4.69, 9.17) is 5.73 Å². The molecule has 2 atom stereocenters.